The highest BCUT2D eigenvalue weighted by Crippen LogP contribution is 2.17. The van der Waals surface area contributed by atoms with Gasteiger partial charge in [-0.2, -0.15) is 0 Å². The zero-order valence-electron chi connectivity index (χ0n) is 15.7. The summed E-state index contributed by atoms with van der Waals surface area (Å²) in [6, 6.07) is 7.76. The largest absolute Gasteiger partial charge is 0.493 e. The molecule has 2 N–H and O–H groups in total. The van der Waals surface area contributed by atoms with Gasteiger partial charge in [-0.1, -0.05) is 6.07 Å². The van der Waals surface area contributed by atoms with Gasteiger partial charge in [0, 0.05) is 46.0 Å². The maximum atomic E-state index is 5.71. The lowest BCUT2D eigenvalue weighted by Gasteiger charge is -2.13. The van der Waals surface area contributed by atoms with Crippen molar-refractivity contribution in [3.8, 4) is 5.75 Å². The minimum atomic E-state index is 0. The predicted octanol–water partition coefficient (Wildman–Crippen LogP) is 2.34. The summed E-state index contributed by atoms with van der Waals surface area (Å²) in [5.41, 5.74) is 0.895. The lowest BCUT2D eigenvalue weighted by molar-refractivity contribution is 0.172. The number of aryl methyl sites for hydroxylation is 1. The van der Waals surface area contributed by atoms with Crippen LogP contribution in [0.15, 0.2) is 29.3 Å². The molecule has 0 aliphatic rings. The first-order valence-corrected chi connectivity index (χ1v) is 8.18. The highest BCUT2D eigenvalue weighted by molar-refractivity contribution is 14.0. The molecule has 26 heavy (non-hydrogen) atoms. The molecule has 0 saturated heterocycles. The normalized spacial score (nSPS) is 11.0. The Bertz CT molecular complexity index is 704. The molecular formula is C17H27IN6O2. The third-order valence-corrected chi connectivity index (χ3v) is 3.68. The number of hydrogen-bond acceptors (Lipinski definition) is 5. The maximum absolute atomic E-state index is 5.71. The smallest absolute Gasteiger partial charge is 0.195 e. The van der Waals surface area contributed by atoms with Crippen LogP contribution in [0.1, 0.15) is 18.1 Å². The summed E-state index contributed by atoms with van der Waals surface area (Å²) >= 11 is 0. The van der Waals surface area contributed by atoms with E-state index >= 15 is 0 Å². The molecule has 0 fully saturated rings. The summed E-state index contributed by atoms with van der Waals surface area (Å²) in [6.07, 6.45) is 0.856. The van der Waals surface area contributed by atoms with Gasteiger partial charge in [-0.3, -0.25) is 4.99 Å². The lowest BCUT2D eigenvalue weighted by atomic mass is 10.3. The number of methoxy groups -OCH3 is 1. The monoisotopic (exact) mass is 474 g/mol. The topological polar surface area (TPSA) is 85.6 Å². The summed E-state index contributed by atoms with van der Waals surface area (Å²) in [6.45, 7) is 3.76. The Morgan fingerprint density at radius 3 is 2.73 bits per heavy atom. The molecule has 2 aromatic rings. The van der Waals surface area contributed by atoms with E-state index in [4.69, 9.17) is 9.47 Å². The lowest BCUT2D eigenvalue weighted by Crippen LogP contribution is -2.31. The van der Waals surface area contributed by atoms with Crippen LogP contribution < -0.4 is 15.4 Å². The van der Waals surface area contributed by atoms with Crippen LogP contribution >= 0.6 is 24.0 Å². The van der Waals surface area contributed by atoms with Gasteiger partial charge in [-0.15, -0.1) is 34.2 Å². The number of nitrogens with one attached hydrogen (secondary N) is 2. The summed E-state index contributed by atoms with van der Waals surface area (Å²) in [4.78, 5) is 4.23. The van der Waals surface area contributed by atoms with Crippen LogP contribution in [0, 0.1) is 6.92 Å². The van der Waals surface area contributed by atoms with Crippen molar-refractivity contribution in [1.29, 1.82) is 0 Å². The summed E-state index contributed by atoms with van der Waals surface area (Å²) < 4.78 is 12.7. The average molecular weight is 474 g/mol. The zero-order valence-corrected chi connectivity index (χ0v) is 18.0. The van der Waals surface area contributed by atoms with E-state index in [0.29, 0.717) is 25.7 Å². The van der Waals surface area contributed by atoms with Crippen LogP contribution in [0.3, 0.4) is 0 Å². The van der Waals surface area contributed by atoms with E-state index in [2.05, 4.69) is 25.8 Å². The minimum absolute atomic E-state index is 0. The van der Waals surface area contributed by atoms with Crippen molar-refractivity contribution in [3.05, 3.63) is 35.9 Å². The molecule has 0 aliphatic carbocycles. The van der Waals surface area contributed by atoms with Gasteiger partial charge in [-0.05, 0) is 19.1 Å². The number of aliphatic imine (C=N–C) groups is 1. The molecule has 144 valence electrons. The van der Waals surface area contributed by atoms with E-state index in [-0.39, 0.29) is 24.0 Å². The van der Waals surface area contributed by atoms with Crippen LogP contribution in [0.5, 0.6) is 5.75 Å². The van der Waals surface area contributed by atoms with E-state index in [1.807, 2.05) is 42.8 Å². The number of aromatic nitrogens is 3. The van der Waals surface area contributed by atoms with Crippen molar-refractivity contribution in [1.82, 2.24) is 20.1 Å². The third kappa shape index (κ3) is 6.79. The fraction of sp³-hybridized carbons (Fsp3) is 0.471. The molecule has 1 aromatic carbocycles. The number of hydrogen-bond donors (Lipinski definition) is 2. The van der Waals surface area contributed by atoms with Crippen molar-refractivity contribution in [2.45, 2.75) is 19.9 Å². The van der Waals surface area contributed by atoms with Gasteiger partial charge >= 0.3 is 0 Å². The van der Waals surface area contributed by atoms with Gasteiger partial charge < -0.3 is 24.7 Å². The van der Waals surface area contributed by atoms with Gasteiger partial charge in [-0.25, -0.2) is 0 Å². The molecule has 1 aromatic heterocycles. The molecule has 1 heterocycles. The number of halogens is 1. The predicted molar refractivity (Wildman–Crippen MR) is 113 cm³/mol. The number of guanidine groups is 1. The van der Waals surface area contributed by atoms with Gasteiger partial charge in [0.2, 0.25) is 0 Å². The zero-order chi connectivity index (χ0) is 18.1. The molecule has 0 radical (unpaired) electrons. The van der Waals surface area contributed by atoms with Crippen LogP contribution in [-0.2, 0) is 18.3 Å². The first kappa shape index (κ1) is 22.2. The van der Waals surface area contributed by atoms with E-state index in [1.165, 1.54) is 0 Å². The number of ether oxygens (including phenoxy) is 2. The van der Waals surface area contributed by atoms with E-state index in [0.717, 1.165) is 29.5 Å². The van der Waals surface area contributed by atoms with E-state index in [1.54, 1.807) is 14.2 Å². The average Bonchev–Trinajstić information content (AvgIpc) is 2.94. The molecule has 9 heteroatoms. The molecule has 0 saturated carbocycles. The first-order chi connectivity index (χ1) is 12.1. The summed E-state index contributed by atoms with van der Waals surface area (Å²) in [7, 11) is 5.35. The molecule has 0 atom stereocenters. The van der Waals surface area contributed by atoms with Crippen LogP contribution in [0.25, 0.3) is 0 Å². The molecule has 2 rings (SSSR count). The molecule has 0 unspecified atom stereocenters. The summed E-state index contributed by atoms with van der Waals surface area (Å²) in [5.74, 6) is 3.17. The Labute approximate surface area is 171 Å². The van der Waals surface area contributed by atoms with Gasteiger partial charge in [0.1, 0.15) is 11.6 Å². The number of anilines is 1. The van der Waals surface area contributed by atoms with Crippen LogP contribution in [0.4, 0.5) is 5.69 Å². The SMILES string of the molecule is CN=C(NCc1nnc(C)n1C)Nc1cccc(OCCCOC)c1.I. The van der Waals surface area contributed by atoms with Gasteiger partial charge in [0.05, 0.1) is 13.2 Å². The minimum Gasteiger partial charge on any atom is -0.493 e. The Balaban J connectivity index is 0.00000338. The highest BCUT2D eigenvalue weighted by Gasteiger charge is 2.06. The second-order valence-corrected chi connectivity index (χ2v) is 5.50. The van der Waals surface area contributed by atoms with Crippen molar-refractivity contribution in [2.24, 2.45) is 12.0 Å². The standard InChI is InChI=1S/C17H26N6O2.HI/c1-13-21-22-16(23(13)3)12-19-17(18-2)20-14-7-5-8-15(11-14)25-10-6-9-24-4;/h5,7-8,11H,6,9-10,12H2,1-4H3,(H2,18,19,20);1H. The number of rotatable bonds is 8. The molecular weight excluding hydrogens is 447 g/mol. The number of benzene rings is 1. The quantitative estimate of drug-likeness (QED) is 0.265. The Morgan fingerprint density at radius 2 is 2.08 bits per heavy atom. The molecule has 8 nitrogen and oxygen atoms in total. The second-order valence-electron chi connectivity index (χ2n) is 5.50. The Morgan fingerprint density at radius 1 is 1.27 bits per heavy atom. The van der Waals surface area contributed by atoms with Crippen molar-refractivity contribution in [2.75, 3.05) is 32.7 Å². The molecule has 0 aliphatic heterocycles. The van der Waals surface area contributed by atoms with Crippen molar-refractivity contribution < 1.29 is 9.47 Å². The molecule has 0 spiro atoms. The van der Waals surface area contributed by atoms with Crippen LogP contribution in [-0.4, -0.2) is 48.1 Å². The molecule has 0 bridgehead atoms. The highest BCUT2D eigenvalue weighted by atomic mass is 127. The third-order valence-electron chi connectivity index (χ3n) is 3.68. The second kappa shape index (κ2) is 11.7. The van der Waals surface area contributed by atoms with Gasteiger partial charge in [0.25, 0.3) is 0 Å². The van der Waals surface area contributed by atoms with E-state index < -0.39 is 0 Å². The van der Waals surface area contributed by atoms with Crippen molar-refractivity contribution >= 4 is 35.6 Å². The summed E-state index contributed by atoms with van der Waals surface area (Å²) in [5, 5.41) is 14.6. The van der Waals surface area contributed by atoms with Gasteiger partial charge in [0.15, 0.2) is 11.8 Å². The molecule has 0 amide bonds. The Kier molecular flexibility index (Phi) is 9.96. The number of nitrogens with zero attached hydrogens (tertiary/aromatic N) is 4. The van der Waals surface area contributed by atoms with Crippen molar-refractivity contribution in [3.63, 3.8) is 0 Å². The Hall–Kier alpha value is -1.88. The van der Waals surface area contributed by atoms with Crippen LogP contribution in [0.2, 0.25) is 0 Å². The fourth-order valence-corrected chi connectivity index (χ4v) is 2.14. The van der Waals surface area contributed by atoms with E-state index in [9.17, 15) is 0 Å². The maximum Gasteiger partial charge on any atom is 0.195 e. The fourth-order valence-electron chi connectivity index (χ4n) is 2.14. The first-order valence-electron chi connectivity index (χ1n) is 8.18.